The van der Waals surface area contributed by atoms with Gasteiger partial charge in [-0.15, -0.1) is 0 Å². The molecule has 5 nitrogen and oxygen atoms in total. The molecule has 3 rings (SSSR count). The average Bonchev–Trinajstić information content (AvgIpc) is 2.63. The highest BCUT2D eigenvalue weighted by Crippen LogP contribution is 2.30. The molecule has 0 saturated carbocycles. The van der Waals surface area contributed by atoms with Crippen molar-refractivity contribution in [2.24, 2.45) is 0 Å². The van der Waals surface area contributed by atoms with Crippen LogP contribution in [0, 0.1) is 13.8 Å². The first-order valence-corrected chi connectivity index (χ1v) is 8.89. The third kappa shape index (κ3) is 4.14. The number of rotatable bonds is 6. The largest absolute Gasteiger partial charge is 0.488 e. The standard InChI is InChI=1S/C21H19ClO5/c1-12-16-7-9-18(26-11-14-3-5-15(22)6-4-14)13(2)20(16)27-21(25)17(12)8-10-19(23)24/h3-7,9H,8,10-11H2,1-2H3,(H,23,24). The van der Waals surface area contributed by atoms with Crippen LogP contribution in [0.1, 0.15) is 28.7 Å². The van der Waals surface area contributed by atoms with Crippen LogP contribution in [0.3, 0.4) is 0 Å². The molecule has 3 aromatic rings. The minimum absolute atomic E-state index is 0.113. The Morgan fingerprint density at radius 3 is 2.48 bits per heavy atom. The van der Waals surface area contributed by atoms with E-state index in [1.807, 2.05) is 38.1 Å². The highest BCUT2D eigenvalue weighted by atomic mass is 35.5. The van der Waals surface area contributed by atoms with E-state index in [2.05, 4.69) is 0 Å². The van der Waals surface area contributed by atoms with Crippen LogP contribution in [0.2, 0.25) is 5.02 Å². The molecule has 0 amide bonds. The highest BCUT2D eigenvalue weighted by Gasteiger charge is 2.16. The van der Waals surface area contributed by atoms with E-state index in [4.69, 9.17) is 25.9 Å². The van der Waals surface area contributed by atoms with Gasteiger partial charge >= 0.3 is 11.6 Å². The maximum atomic E-state index is 12.3. The van der Waals surface area contributed by atoms with E-state index < -0.39 is 11.6 Å². The number of hydrogen-bond donors (Lipinski definition) is 1. The second kappa shape index (κ2) is 7.84. The predicted octanol–water partition coefficient (Wildman–Crippen LogP) is 4.66. The summed E-state index contributed by atoms with van der Waals surface area (Å²) in [6.45, 7) is 4.01. The molecular formula is C21H19ClO5. The molecule has 2 aromatic carbocycles. The summed E-state index contributed by atoms with van der Waals surface area (Å²) in [6, 6.07) is 11.0. The van der Waals surface area contributed by atoms with Crippen molar-refractivity contribution in [1.29, 1.82) is 0 Å². The zero-order valence-electron chi connectivity index (χ0n) is 15.0. The van der Waals surface area contributed by atoms with Crippen molar-refractivity contribution in [2.45, 2.75) is 33.3 Å². The SMILES string of the molecule is Cc1c(CCC(=O)O)c(=O)oc2c(C)c(OCc3ccc(Cl)cc3)ccc12. The van der Waals surface area contributed by atoms with Crippen molar-refractivity contribution in [1.82, 2.24) is 0 Å². The molecule has 0 fully saturated rings. The number of fused-ring (bicyclic) bond motifs is 1. The summed E-state index contributed by atoms with van der Waals surface area (Å²) < 4.78 is 11.4. The molecule has 0 bridgehead atoms. The van der Waals surface area contributed by atoms with Crippen LogP contribution in [0.25, 0.3) is 11.0 Å². The molecule has 27 heavy (non-hydrogen) atoms. The van der Waals surface area contributed by atoms with E-state index in [0.29, 0.717) is 28.5 Å². The molecule has 1 heterocycles. The van der Waals surface area contributed by atoms with Crippen LogP contribution in [0.15, 0.2) is 45.6 Å². The van der Waals surface area contributed by atoms with Gasteiger partial charge in [0.1, 0.15) is 17.9 Å². The Balaban J connectivity index is 1.92. The molecule has 0 spiro atoms. The first-order chi connectivity index (χ1) is 12.9. The monoisotopic (exact) mass is 386 g/mol. The number of hydrogen-bond acceptors (Lipinski definition) is 4. The molecule has 0 aliphatic carbocycles. The van der Waals surface area contributed by atoms with Gasteiger partial charge in [-0.05, 0) is 55.7 Å². The summed E-state index contributed by atoms with van der Waals surface area (Å²) in [6.07, 6.45) is 0.0334. The second-order valence-electron chi connectivity index (χ2n) is 6.37. The lowest BCUT2D eigenvalue weighted by atomic mass is 10.0. The lowest BCUT2D eigenvalue weighted by Gasteiger charge is -2.13. The van der Waals surface area contributed by atoms with E-state index in [1.165, 1.54) is 0 Å². The molecular weight excluding hydrogens is 368 g/mol. The third-order valence-electron chi connectivity index (χ3n) is 4.55. The smallest absolute Gasteiger partial charge is 0.339 e. The van der Waals surface area contributed by atoms with E-state index in [-0.39, 0.29) is 12.8 Å². The van der Waals surface area contributed by atoms with Gasteiger partial charge < -0.3 is 14.3 Å². The summed E-state index contributed by atoms with van der Waals surface area (Å²) in [4.78, 5) is 23.1. The van der Waals surface area contributed by atoms with E-state index in [1.54, 1.807) is 12.1 Å². The summed E-state index contributed by atoms with van der Waals surface area (Å²) in [5, 5.41) is 10.3. The summed E-state index contributed by atoms with van der Waals surface area (Å²) in [7, 11) is 0. The lowest BCUT2D eigenvalue weighted by Crippen LogP contribution is -2.12. The quantitative estimate of drug-likeness (QED) is 0.623. The first-order valence-electron chi connectivity index (χ1n) is 8.51. The minimum atomic E-state index is -0.948. The molecule has 0 radical (unpaired) electrons. The summed E-state index contributed by atoms with van der Waals surface area (Å²) in [5.41, 5.74) is 2.81. The van der Waals surface area contributed by atoms with E-state index in [0.717, 1.165) is 22.1 Å². The van der Waals surface area contributed by atoms with Gasteiger partial charge in [-0.1, -0.05) is 23.7 Å². The van der Waals surface area contributed by atoms with Crippen molar-refractivity contribution >= 4 is 28.5 Å². The van der Waals surface area contributed by atoms with Crippen molar-refractivity contribution in [3.8, 4) is 5.75 Å². The van der Waals surface area contributed by atoms with Crippen molar-refractivity contribution in [3.63, 3.8) is 0 Å². The fraction of sp³-hybridized carbons (Fsp3) is 0.238. The molecule has 140 valence electrons. The van der Waals surface area contributed by atoms with Gasteiger partial charge in [0.15, 0.2) is 0 Å². The van der Waals surface area contributed by atoms with E-state index in [9.17, 15) is 9.59 Å². The number of carboxylic acid groups (broad SMARTS) is 1. The lowest BCUT2D eigenvalue weighted by molar-refractivity contribution is -0.136. The number of benzene rings is 2. The van der Waals surface area contributed by atoms with Gasteiger partial charge in [0.25, 0.3) is 0 Å². The Kier molecular flexibility index (Phi) is 5.51. The molecule has 0 unspecified atom stereocenters. The molecule has 0 aliphatic rings. The Bertz CT molecular complexity index is 1050. The van der Waals surface area contributed by atoms with Crippen LogP contribution < -0.4 is 10.4 Å². The molecule has 0 saturated heterocycles. The number of halogens is 1. The topological polar surface area (TPSA) is 76.7 Å². The Morgan fingerprint density at radius 1 is 1.11 bits per heavy atom. The van der Waals surface area contributed by atoms with Gasteiger partial charge in [0, 0.05) is 28.0 Å². The van der Waals surface area contributed by atoms with Crippen molar-refractivity contribution < 1.29 is 19.1 Å². The van der Waals surface area contributed by atoms with Crippen LogP contribution in [-0.4, -0.2) is 11.1 Å². The normalized spacial score (nSPS) is 10.9. The number of ether oxygens (including phenoxy) is 1. The first kappa shape index (κ1) is 19.0. The fourth-order valence-electron chi connectivity index (χ4n) is 2.99. The van der Waals surface area contributed by atoms with Crippen LogP contribution >= 0.6 is 11.6 Å². The molecule has 1 aromatic heterocycles. The van der Waals surface area contributed by atoms with Gasteiger partial charge in [-0.2, -0.15) is 0 Å². The second-order valence-corrected chi connectivity index (χ2v) is 6.80. The van der Waals surface area contributed by atoms with E-state index >= 15 is 0 Å². The van der Waals surface area contributed by atoms with Crippen molar-refractivity contribution in [3.05, 3.63) is 74.1 Å². The Labute approximate surface area is 161 Å². The highest BCUT2D eigenvalue weighted by molar-refractivity contribution is 6.30. The van der Waals surface area contributed by atoms with Crippen LogP contribution in [0.5, 0.6) is 5.75 Å². The molecule has 6 heteroatoms. The number of aliphatic carboxylic acids is 1. The predicted molar refractivity (Wildman–Crippen MR) is 104 cm³/mol. The van der Waals surface area contributed by atoms with Gasteiger partial charge in [-0.25, -0.2) is 4.79 Å². The molecule has 1 N–H and O–H groups in total. The van der Waals surface area contributed by atoms with Crippen LogP contribution in [0.4, 0.5) is 0 Å². The van der Waals surface area contributed by atoms with Crippen LogP contribution in [-0.2, 0) is 17.8 Å². The van der Waals surface area contributed by atoms with Gasteiger partial charge in [-0.3, -0.25) is 4.79 Å². The number of aryl methyl sites for hydroxylation is 2. The van der Waals surface area contributed by atoms with Gasteiger partial charge in [0.05, 0.1) is 0 Å². The molecule has 0 aliphatic heterocycles. The summed E-state index contributed by atoms with van der Waals surface area (Å²) >= 11 is 5.89. The zero-order chi connectivity index (χ0) is 19.6. The minimum Gasteiger partial charge on any atom is -0.488 e. The van der Waals surface area contributed by atoms with Crippen molar-refractivity contribution in [2.75, 3.05) is 0 Å². The average molecular weight is 387 g/mol. The third-order valence-corrected chi connectivity index (χ3v) is 4.80. The Morgan fingerprint density at radius 2 is 1.81 bits per heavy atom. The zero-order valence-corrected chi connectivity index (χ0v) is 15.8. The maximum Gasteiger partial charge on any atom is 0.339 e. The van der Waals surface area contributed by atoms with Gasteiger partial charge in [0.2, 0.25) is 0 Å². The fourth-order valence-corrected chi connectivity index (χ4v) is 3.12. The Hall–Kier alpha value is -2.79. The summed E-state index contributed by atoms with van der Waals surface area (Å²) in [5.74, 6) is -0.325. The number of carbonyl (C=O) groups is 1. The number of carboxylic acids is 1. The maximum absolute atomic E-state index is 12.3. The molecule has 0 atom stereocenters.